The molecule has 0 amide bonds. The van der Waals surface area contributed by atoms with Crippen molar-refractivity contribution < 1.29 is 26.1 Å². The molecule has 0 radical (unpaired) electrons. The first kappa shape index (κ1) is 16.2. The number of aromatic nitrogens is 2. The summed E-state index contributed by atoms with van der Waals surface area (Å²) in [6, 6.07) is 1.78. The van der Waals surface area contributed by atoms with Crippen molar-refractivity contribution in [3.05, 3.63) is 35.3 Å². The van der Waals surface area contributed by atoms with Gasteiger partial charge in [-0.25, -0.2) is 13.4 Å². The van der Waals surface area contributed by atoms with E-state index in [4.69, 9.17) is 4.52 Å². The first-order chi connectivity index (χ1) is 10.1. The van der Waals surface area contributed by atoms with E-state index in [9.17, 15) is 21.6 Å². The topological polar surface area (TPSA) is 97.1 Å². The Bertz CT molecular complexity index is 749. The summed E-state index contributed by atoms with van der Waals surface area (Å²) >= 11 is 0. The van der Waals surface area contributed by atoms with E-state index in [1.165, 1.54) is 13.8 Å². The fourth-order valence-corrected chi connectivity index (χ4v) is 2.85. The summed E-state index contributed by atoms with van der Waals surface area (Å²) in [5.74, 6) is -0.00415. The standard InChI is InChI=1S/C11H11F3N4O3S/c1-6-10(7(2)21-17-6)22(19,20)18-16-9-4-3-8(5-15-9)11(12,13)14/h3-5,18H,1-2H3,(H,15,16). The van der Waals surface area contributed by atoms with Crippen LogP contribution in [0.4, 0.5) is 19.0 Å². The van der Waals surface area contributed by atoms with Gasteiger partial charge in [0.1, 0.15) is 16.4 Å². The van der Waals surface area contributed by atoms with Crippen LogP contribution in [0.25, 0.3) is 0 Å². The summed E-state index contributed by atoms with van der Waals surface area (Å²) in [5.41, 5.74) is 1.44. The molecule has 0 saturated heterocycles. The van der Waals surface area contributed by atoms with Gasteiger partial charge in [0.05, 0.1) is 5.56 Å². The van der Waals surface area contributed by atoms with E-state index in [2.05, 4.69) is 15.6 Å². The van der Waals surface area contributed by atoms with Gasteiger partial charge in [0.25, 0.3) is 10.0 Å². The summed E-state index contributed by atoms with van der Waals surface area (Å²) in [4.78, 5) is 5.33. The van der Waals surface area contributed by atoms with Crippen LogP contribution in [0, 0.1) is 13.8 Å². The number of sulfonamides is 1. The Labute approximate surface area is 123 Å². The van der Waals surface area contributed by atoms with Gasteiger partial charge < -0.3 is 4.52 Å². The summed E-state index contributed by atoms with van der Waals surface area (Å²) < 4.78 is 66.0. The maximum atomic E-state index is 12.4. The monoisotopic (exact) mass is 336 g/mol. The third kappa shape index (κ3) is 3.36. The molecule has 0 atom stereocenters. The average Bonchev–Trinajstić information content (AvgIpc) is 2.76. The number of hydrogen-bond acceptors (Lipinski definition) is 6. The zero-order valence-corrected chi connectivity index (χ0v) is 12.2. The van der Waals surface area contributed by atoms with E-state index < -0.39 is 21.8 Å². The van der Waals surface area contributed by atoms with Gasteiger partial charge in [-0.15, -0.1) is 4.83 Å². The summed E-state index contributed by atoms with van der Waals surface area (Å²) in [6.45, 7) is 2.87. The van der Waals surface area contributed by atoms with Crippen LogP contribution < -0.4 is 10.3 Å². The molecule has 0 fully saturated rings. The molecule has 0 aliphatic heterocycles. The van der Waals surface area contributed by atoms with Crippen molar-refractivity contribution in [1.29, 1.82) is 0 Å². The molecule has 2 aromatic heterocycles. The molecule has 0 unspecified atom stereocenters. The van der Waals surface area contributed by atoms with Crippen LogP contribution >= 0.6 is 0 Å². The summed E-state index contributed by atoms with van der Waals surface area (Å²) in [5, 5.41) is 3.51. The van der Waals surface area contributed by atoms with E-state index in [-0.39, 0.29) is 22.2 Å². The Hall–Kier alpha value is -2.14. The van der Waals surface area contributed by atoms with Gasteiger partial charge in [0, 0.05) is 6.20 Å². The minimum Gasteiger partial charge on any atom is -0.360 e. The van der Waals surface area contributed by atoms with Gasteiger partial charge in [-0.2, -0.15) is 13.2 Å². The quantitative estimate of drug-likeness (QED) is 0.829. The van der Waals surface area contributed by atoms with Gasteiger partial charge in [-0.3, -0.25) is 5.43 Å². The largest absolute Gasteiger partial charge is 0.417 e. The number of alkyl halides is 3. The van der Waals surface area contributed by atoms with Crippen LogP contribution in [-0.4, -0.2) is 18.6 Å². The normalized spacial score (nSPS) is 12.4. The van der Waals surface area contributed by atoms with Gasteiger partial charge in [-0.1, -0.05) is 5.16 Å². The second-order valence-corrected chi connectivity index (χ2v) is 5.93. The lowest BCUT2D eigenvalue weighted by atomic mass is 10.3. The highest BCUT2D eigenvalue weighted by Crippen LogP contribution is 2.28. The third-order valence-electron chi connectivity index (χ3n) is 2.64. The minimum atomic E-state index is -4.51. The van der Waals surface area contributed by atoms with E-state index in [0.29, 0.717) is 6.20 Å². The molecule has 0 bridgehead atoms. The molecule has 2 aromatic rings. The maximum absolute atomic E-state index is 12.4. The second kappa shape index (κ2) is 5.57. The van der Waals surface area contributed by atoms with Crippen LogP contribution in [0.3, 0.4) is 0 Å². The number of rotatable bonds is 4. The maximum Gasteiger partial charge on any atom is 0.417 e. The molecule has 120 valence electrons. The molecule has 0 saturated carbocycles. The van der Waals surface area contributed by atoms with E-state index >= 15 is 0 Å². The SMILES string of the molecule is Cc1noc(C)c1S(=O)(=O)NNc1ccc(C(F)(F)F)cn1. The molecule has 0 spiro atoms. The fraction of sp³-hybridized carbons (Fsp3) is 0.273. The van der Waals surface area contributed by atoms with E-state index in [1.54, 1.807) is 0 Å². The Morgan fingerprint density at radius 2 is 1.91 bits per heavy atom. The number of halogens is 3. The summed E-state index contributed by atoms with van der Waals surface area (Å²) in [7, 11) is -3.99. The summed E-state index contributed by atoms with van der Waals surface area (Å²) in [6.07, 6.45) is -3.92. The Kier molecular flexibility index (Phi) is 4.11. The zero-order chi connectivity index (χ0) is 16.5. The van der Waals surface area contributed by atoms with Crippen LogP contribution in [0.5, 0.6) is 0 Å². The van der Waals surface area contributed by atoms with E-state index in [1.807, 2.05) is 4.83 Å². The number of pyridine rings is 1. The smallest absolute Gasteiger partial charge is 0.360 e. The highest BCUT2D eigenvalue weighted by Gasteiger charge is 2.30. The van der Waals surface area contributed by atoms with Crippen molar-refractivity contribution in [2.24, 2.45) is 0 Å². The van der Waals surface area contributed by atoms with Gasteiger partial charge in [0.2, 0.25) is 0 Å². The molecule has 2 rings (SSSR count). The molecule has 22 heavy (non-hydrogen) atoms. The molecule has 2 N–H and O–H groups in total. The molecular formula is C11H11F3N4O3S. The number of hydrogen-bond donors (Lipinski definition) is 2. The molecule has 0 aliphatic carbocycles. The van der Waals surface area contributed by atoms with Crippen molar-refractivity contribution in [2.45, 2.75) is 24.9 Å². The Balaban J connectivity index is 2.13. The number of hydrazine groups is 1. The van der Waals surface area contributed by atoms with Crippen LogP contribution in [0.1, 0.15) is 17.0 Å². The average molecular weight is 336 g/mol. The molecule has 11 heteroatoms. The van der Waals surface area contributed by atoms with Crippen LogP contribution in [-0.2, 0) is 16.2 Å². The lowest BCUT2D eigenvalue weighted by Crippen LogP contribution is -2.30. The first-order valence-electron chi connectivity index (χ1n) is 5.85. The molecule has 2 heterocycles. The lowest BCUT2D eigenvalue weighted by Gasteiger charge is -2.10. The predicted octanol–water partition coefficient (Wildman–Crippen LogP) is 2.01. The highest BCUT2D eigenvalue weighted by atomic mass is 32.2. The highest BCUT2D eigenvalue weighted by molar-refractivity contribution is 7.89. The molecule has 7 nitrogen and oxygen atoms in total. The van der Waals surface area contributed by atoms with Crippen molar-refractivity contribution in [1.82, 2.24) is 15.0 Å². The Morgan fingerprint density at radius 1 is 1.23 bits per heavy atom. The molecular weight excluding hydrogens is 325 g/mol. The number of anilines is 1. The van der Waals surface area contributed by atoms with Crippen molar-refractivity contribution in [3.63, 3.8) is 0 Å². The number of aryl methyl sites for hydroxylation is 2. The van der Waals surface area contributed by atoms with Crippen molar-refractivity contribution >= 4 is 15.8 Å². The van der Waals surface area contributed by atoms with Crippen molar-refractivity contribution in [3.8, 4) is 0 Å². The minimum absolute atomic E-state index is 0.0900. The number of nitrogens with one attached hydrogen (secondary N) is 2. The number of nitrogens with zero attached hydrogens (tertiary/aromatic N) is 2. The van der Waals surface area contributed by atoms with Crippen LogP contribution in [0.15, 0.2) is 27.7 Å². The van der Waals surface area contributed by atoms with Gasteiger partial charge in [0.15, 0.2) is 5.76 Å². The second-order valence-electron chi connectivity index (χ2n) is 4.31. The molecule has 0 aromatic carbocycles. The lowest BCUT2D eigenvalue weighted by molar-refractivity contribution is -0.137. The van der Waals surface area contributed by atoms with Gasteiger partial charge >= 0.3 is 6.18 Å². The van der Waals surface area contributed by atoms with Crippen LogP contribution in [0.2, 0.25) is 0 Å². The predicted molar refractivity (Wildman–Crippen MR) is 69.2 cm³/mol. The zero-order valence-electron chi connectivity index (χ0n) is 11.4. The fourth-order valence-electron chi connectivity index (χ4n) is 1.66. The third-order valence-corrected chi connectivity index (χ3v) is 4.13. The molecule has 0 aliphatic rings. The Morgan fingerprint density at radius 3 is 2.36 bits per heavy atom. The van der Waals surface area contributed by atoms with E-state index in [0.717, 1.165) is 12.1 Å². The van der Waals surface area contributed by atoms with Gasteiger partial charge in [-0.05, 0) is 26.0 Å². The first-order valence-corrected chi connectivity index (χ1v) is 7.33. The van der Waals surface area contributed by atoms with Crippen molar-refractivity contribution in [2.75, 3.05) is 5.43 Å².